The van der Waals surface area contributed by atoms with Crippen LogP contribution in [0.15, 0.2) is 29.3 Å². The van der Waals surface area contributed by atoms with Crippen LogP contribution in [-0.4, -0.2) is 25.2 Å². The number of hydrogen-bond donors (Lipinski definition) is 1. The molecule has 0 spiro atoms. The number of halogens is 2. The summed E-state index contributed by atoms with van der Waals surface area (Å²) in [5.41, 5.74) is 5.51. The molecule has 24 heavy (non-hydrogen) atoms. The fourth-order valence-electron chi connectivity index (χ4n) is 2.10. The Labute approximate surface area is 138 Å². The lowest BCUT2D eigenvalue weighted by atomic mass is 10.2. The van der Waals surface area contributed by atoms with Gasteiger partial charge in [-0.2, -0.15) is 5.10 Å². The second kappa shape index (κ2) is 5.96. The molecular formula is C14H11F2N5O2S. The van der Waals surface area contributed by atoms with Crippen LogP contribution in [0.2, 0.25) is 0 Å². The van der Waals surface area contributed by atoms with E-state index in [-0.39, 0.29) is 16.6 Å². The van der Waals surface area contributed by atoms with Gasteiger partial charge in [-0.15, -0.1) is 0 Å². The summed E-state index contributed by atoms with van der Waals surface area (Å²) in [7, 11) is 0. The first kappa shape index (κ1) is 16.0. The van der Waals surface area contributed by atoms with Crippen LogP contribution < -0.4 is 11.4 Å². The second-order valence-corrected chi connectivity index (χ2v) is 5.94. The number of benzene rings is 1. The number of hydrogen-bond acceptors (Lipinski definition) is 5. The van der Waals surface area contributed by atoms with Gasteiger partial charge < -0.3 is 5.73 Å². The lowest BCUT2D eigenvalue weighted by Crippen LogP contribution is -2.24. The van der Waals surface area contributed by atoms with Crippen LogP contribution in [0, 0.1) is 18.6 Å². The monoisotopic (exact) mass is 351 g/mol. The number of aromatic nitrogens is 4. The second-order valence-electron chi connectivity index (χ2n) is 4.96. The normalized spacial score (nSPS) is 11.0. The summed E-state index contributed by atoms with van der Waals surface area (Å²) in [4.78, 5) is 28.0. The number of carbonyl (C=O) groups is 1. The number of carbonyl (C=O) groups excluding carboxylic acids is 1. The fourth-order valence-corrected chi connectivity index (χ4v) is 2.98. The average Bonchev–Trinajstić information content (AvgIpc) is 3.07. The Balaban J connectivity index is 1.94. The Morgan fingerprint density at radius 1 is 1.33 bits per heavy atom. The van der Waals surface area contributed by atoms with Gasteiger partial charge in [0, 0.05) is 0 Å². The first-order chi connectivity index (χ1) is 11.4. The molecule has 2 aromatic heterocycles. The third-order valence-corrected chi connectivity index (χ3v) is 4.44. The van der Waals surface area contributed by atoms with Crippen LogP contribution in [0.25, 0.3) is 5.13 Å². The van der Waals surface area contributed by atoms with E-state index in [0.717, 1.165) is 32.7 Å². The Hall–Kier alpha value is -2.88. The Morgan fingerprint density at radius 2 is 2.08 bits per heavy atom. The van der Waals surface area contributed by atoms with Crippen LogP contribution in [0.1, 0.15) is 20.9 Å². The maximum absolute atomic E-state index is 13.2. The van der Waals surface area contributed by atoms with E-state index in [2.05, 4.69) is 10.1 Å². The third kappa shape index (κ3) is 2.83. The quantitative estimate of drug-likeness (QED) is 0.764. The predicted octanol–water partition coefficient (Wildman–Crippen LogP) is 1.22. The molecular weight excluding hydrogens is 340 g/mol. The molecule has 0 bridgehead atoms. The number of nitrogens with zero attached hydrogens (tertiary/aromatic N) is 4. The van der Waals surface area contributed by atoms with Gasteiger partial charge in [-0.05, 0) is 24.6 Å². The molecule has 1 aromatic carbocycles. The minimum Gasteiger partial charge on any atom is -0.365 e. The molecule has 0 atom stereocenters. The molecule has 0 aliphatic rings. The summed E-state index contributed by atoms with van der Waals surface area (Å²) < 4.78 is 28.4. The minimum absolute atomic E-state index is 0.0317. The smallest absolute Gasteiger partial charge is 0.352 e. The Morgan fingerprint density at radius 3 is 2.71 bits per heavy atom. The predicted molar refractivity (Wildman–Crippen MR) is 82.2 cm³/mol. The molecule has 124 valence electrons. The van der Waals surface area contributed by atoms with Crippen molar-refractivity contribution >= 4 is 17.2 Å². The van der Waals surface area contributed by atoms with Crippen molar-refractivity contribution in [3.63, 3.8) is 0 Å². The van der Waals surface area contributed by atoms with Gasteiger partial charge in [0.1, 0.15) is 11.2 Å². The number of thiazole rings is 1. The van der Waals surface area contributed by atoms with Gasteiger partial charge in [0.05, 0.1) is 12.2 Å². The fraction of sp³-hybridized carbons (Fsp3) is 0.143. The summed E-state index contributed by atoms with van der Waals surface area (Å²) in [6.07, 6.45) is 1.24. The highest BCUT2D eigenvalue weighted by Crippen LogP contribution is 2.19. The number of amides is 1. The van der Waals surface area contributed by atoms with Crippen molar-refractivity contribution in [1.29, 1.82) is 0 Å². The van der Waals surface area contributed by atoms with Crippen molar-refractivity contribution in [2.75, 3.05) is 0 Å². The van der Waals surface area contributed by atoms with Crippen molar-refractivity contribution in [2.24, 2.45) is 5.73 Å². The third-order valence-electron chi connectivity index (χ3n) is 3.26. The van der Waals surface area contributed by atoms with Crippen LogP contribution in [-0.2, 0) is 6.54 Å². The molecule has 3 rings (SSSR count). The number of primary amides is 1. The molecule has 7 nitrogen and oxygen atoms in total. The Kier molecular flexibility index (Phi) is 3.97. The lowest BCUT2D eigenvalue weighted by molar-refractivity contribution is 0.100. The summed E-state index contributed by atoms with van der Waals surface area (Å²) >= 11 is 0.973. The van der Waals surface area contributed by atoms with Crippen LogP contribution in [0.4, 0.5) is 8.78 Å². The van der Waals surface area contributed by atoms with E-state index in [1.165, 1.54) is 12.4 Å². The molecule has 0 unspecified atom stereocenters. The maximum Gasteiger partial charge on any atom is 0.352 e. The molecule has 0 aliphatic heterocycles. The molecule has 0 fully saturated rings. The number of aryl methyl sites for hydroxylation is 1. The van der Waals surface area contributed by atoms with E-state index in [1.54, 1.807) is 6.92 Å². The minimum atomic E-state index is -0.998. The van der Waals surface area contributed by atoms with Crippen molar-refractivity contribution in [2.45, 2.75) is 13.5 Å². The SMILES string of the molecule is Cc1nc(-n2cnn(Cc3ccc(F)c(F)c3)c2=O)sc1C(N)=O. The average molecular weight is 351 g/mol. The van der Waals surface area contributed by atoms with Crippen molar-refractivity contribution in [3.8, 4) is 5.13 Å². The van der Waals surface area contributed by atoms with Crippen LogP contribution in [0.3, 0.4) is 0 Å². The van der Waals surface area contributed by atoms with E-state index in [0.29, 0.717) is 11.3 Å². The largest absolute Gasteiger partial charge is 0.365 e. The van der Waals surface area contributed by atoms with Gasteiger partial charge in [-0.25, -0.2) is 27.8 Å². The maximum atomic E-state index is 13.2. The van der Waals surface area contributed by atoms with E-state index in [9.17, 15) is 18.4 Å². The van der Waals surface area contributed by atoms with E-state index < -0.39 is 23.2 Å². The topological polar surface area (TPSA) is 95.8 Å². The molecule has 2 N–H and O–H groups in total. The van der Waals surface area contributed by atoms with Gasteiger partial charge in [0.2, 0.25) is 0 Å². The van der Waals surface area contributed by atoms with Gasteiger partial charge in [0.15, 0.2) is 16.8 Å². The molecule has 3 aromatic rings. The molecule has 0 saturated heterocycles. The van der Waals surface area contributed by atoms with Crippen molar-refractivity contribution < 1.29 is 13.6 Å². The number of nitrogens with two attached hydrogens (primary N) is 1. The molecule has 0 aliphatic carbocycles. The molecule has 0 saturated carbocycles. The van der Waals surface area contributed by atoms with Gasteiger partial charge in [-0.3, -0.25) is 4.79 Å². The standard InChI is InChI=1S/C14H11F2N5O2S/c1-7-11(12(17)22)24-13(19-7)20-6-18-21(14(20)23)5-8-2-3-9(15)10(16)4-8/h2-4,6H,5H2,1H3,(H2,17,22). The van der Waals surface area contributed by atoms with Gasteiger partial charge >= 0.3 is 5.69 Å². The summed E-state index contributed by atoms with van der Waals surface area (Å²) in [5, 5.41) is 4.18. The zero-order valence-corrected chi connectivity index (χ0v) is 13.2. The molecule has 0 radical (unpaired) electrons. The highest BCUT2D eigenvalue weighted by Gasteiger charge is 2.16. The lowest BCUT2D eigenvalue weighted by Gasteiger charge is -2.01. The van der Waals surface area contributed by atoms with Crippen LogP contribution >= 0.6 is 11.3 Å². The van der Waals surface area contributed by atoms with Crippen LogP contribution in [0.5, 0.6) is 0 Å². The Bertz CT molecular complexity index is 991. The molecule has 2 heterocycles. The highest BCUT2D eigenvalue weighted by molar-refractivity contribution is 7.16. The summed E-state index contributed by atoms with van der Waals surface area (Å²) in [6.45, 7) is 1.58. The van der Waals surface area contributed by atoms with Crippen molar-refractivity contribution in [1.82, 2.24) is 19.3 Å². The zero-order chi connectivity index (χ0) is 17.4. The van der Waals surface area contributed by atoms with E-state index in [1.807, 2.05) is 0 Å². The zero-order valence-electron chi connectivity index (χ0n) is 12.4. The first-order valence-electron chi connectivity index (χ1n) is 6.73. The van der Waals surface area contributed by atoms with Crippen molar-refractivity contribution in [3.05, 3.63) is 62.8 Å². The van der Waals surface area contributed by atoms with Gasteiger partial charge in [0.25, 0.3) is 5.91 Å². The van der Waals surface area contributed by atoms with E-state index >= 15 is 0 Å². The summed E-state index contributed by atoms with van der Waals surface area (Å²) in [5.74, 6) is -2.59. The van der Waals surface area contributed by atoms with Gasteiger partial charge in [-0.1, -0.05) is 17.4 Å². The molecule has 1 amide bonds. The molecule has 10 heteroatoms. The number of rotatable bonds is 4. The first-order valence-corrected chi connectivity index (χ1v) is 7.54. The highest BCUT2D eigenvalue weighted by atomic mass is 32.1. The van der Waals surface area contributed by atoms with E-state index in [4.69, 9.17) is 5.73 Å². The summed E-state index contributed by atoms with van der Waals surface area (Å²) in [6, 6.07) is 3.35.